The van der Waals surface area contributed by atoms with Crippen molar-refractivity contribution >= 4 is 21.9 Å². The van der Waals surface area contributed by atoms with Crippen LogP contribution in [0.5, 0.6) is 0 Å². The summed E-state index contributed by atoms with van der Waals surface area (Å²) in [5.74, 6) is -1.32. The first-order valence-corrected chi connectivity index (χ1v) is 4.67. The van der Waals surface area contributed by atoms with Gasteiger partial charge in [0.25, 0.3) is 6.43 Å². The van der Waals surface area contributed by atoms with Crippen molar-refractivity contribution in [2.75, 3.05) is 0 Å². The fourth-order valence-corrected chi connectivity index (χ4v) is 1.54. The molecule has 0 saturated carbocycles. The number of halogens is 3. The number of carboxylic acid groups (broad SMARTS) is 1. The molecule has 0 amide bonds. The Labute approximate surface area is 92.2 Å². The van der Waals surface area contributed by atoms with Gasteiger partial charge < -0.3 is 10.8 Å². The van der Waals surface area contributed by atoms with Gasteiger partial charge in [0.15, 0.2) is 0 Å². The predicted octanol–water partition coefficient (Wildman–Crippen LogP) is 1.94. The van der Waals surface area contributed by atoms with Crippen LogP contribution in [0, 0.1) is 0 Å². The van der Waals surface area contributed by atoms with Gasteiger partial charge in [-0.1, -0.05) is 0 Å². The summed E-state index contributed by atoms with van der Waals surface area (Å²) in [7, 11) is 0. The normalized spacial score (nSPS) is 10.7. The van der Waals surface area contributed by atoms with Crippen molar-refractivity contribution in [1.29, 1.82) is 0 Å². The molecule has 0 unspecified atom stereocenters. The van der Waals surface area contributed by atoms with E-state index in [-0.39, 0.29) is 22.4 Å². The van der Waals surface area contributed by atoms with E-state index in [1.54, 1.807) is 0 Å². The van der Waals surface area contributed by atoms with E-state index in [4.69, 9.17) is 10.8 Å². The van der Waals surface area contributed by atoms with Crippen molar-refractivity contribution in [3.8, 4) is 0 Å². The van der Waals surface area contributed by atoms with E-state index in [1.165, 1.54) is 0 Å². The molecule has 0 aliphatic carbocycles. The lowest BCUT2D eigenvalue weighted by Crippen LogP contribution is -2.11. The van der Waals surface area contributed by atoms with E-state index >= 15 is 0 Å². The van der Waals surface area contributed by atoms with Gasteiger partial charge in [-0.2, -0.15) is 0 Å². The van der Waals surface area contributed by atoms with Crippen molar-refractivity contribution < 1.29 is 18.7 Å². The molecule has 0 atom stereocenters. The second kappa shape index (κ2) is 4.63. The Hall–Kier alpha value is -1.08. The zero-order valence-electron chi connectivity index (χ0n) is 7.38. The van der Waals surface area contributed by atoms with E-state index in [2.05, 4.69) is 20.9 Å². The summed E-state index contributed by atoms with van der Waals surface area (Å²) in [6.45, 7) is -0.121. The van der Waals surface area contributed by atoms with Gasteiger partial charge in [-0.25, -0.2) is 18.6 Å². The number of nitrogens with zero attached hydrogens (tertiary/aromatic N) is 1. The number of carboxylic acids is 1. The SMILES string of the molecule is NCc1nc(Br)c(C(F)F)cc1C(=O)O. The summed E-state index contributed by atoms with van der Waals surface area (Å²) in [5.41, 5.74) is 4.57. The lowest BCUT2D eigenvalue weighted by Gasteiger charge is -2.08. The van der Waals surface area contributed by atoms with Crippen LogP contribution >= 0.6 is 15.9 Å². The van der Waals surface area contributed by atoms with Crippen LogP contribution in [0.25, 0.3) is 0 Å². The van der Waals surface area contributed by atoms with E-state index in [1.807, 2.05) is 0 Å². The van der Waals surface area contributed by atoms with E-state index in [0.29, 0.717) is 0 Å². The number of rotatable bonds is 3. The molecule has 0 aliphatic heterocycles. The molecule has 1 aromatic heterocycles. The maximum absolute atomic E-state index is 12.4. The lowest BCUT2D eigenvalue weighted by molar-refractivity contribution is 0.0694. The van der Waals surface area contributed by atoms with Crippen molar-refractivity contribution in [1.82, 2.24) is 4.98 Å². The third-order valence-electron chi connectivity index (χ3n) is 1.74. The van der Waals surface area contributed by atoms with Crippen LogP contribution in [0.1, 0.15) is 28.0 Å². The van der Waals surface area contributed by atoms with Crippen LogP contribution in [0.4, 0.5) is 8.78 Å². The highest BCUT2D eigenvalue weighted by Crippen LogP contribution is 2.27. The van der Waals surface area contributed by atoms with E-state index in [0.717, 1.165) is 6.07 Å². The van der Waals surface area contributed by atoms with Crippen LogP contribution in [0.3, 0.4) is 0 Å². The molecule has 1 aromatic rings. The number of pyridine rings is 1. The largest absolute Gasteiger partial charge is 0.478 e. The molecule has 0 saturated heterocycles. The van der Waals surface area contributed by atoms with Crippen molar-refractivity contribution in [2.45, 2.75) is 13.0 Å². The molecule has 0 fully saturated rings. The Bertz CT molecular complexity index is 398. The molecule has 1 rings (SSSR count). The topological polar surface area (TPSA) is 76.2 Å². The van der Waals surface area contributed by atoms with Gasteiger partial charge in [-0.05, 0) is 22.0 Å². The lowest BCUT2D eigenvalue weighted by atomic mass is 10.1. The molecule has 15 heavy (non-hydrogen) atoms. The maximum atomic E-state index is 12.4. The molecule has 7 heteroatoms. The predicted molar refractivity (Wildman–Crippen MR) is 51.7 cm³/mol. The minimum Gasteiger partial charge on any atom is -0.478 e. The summed E-state index contributed by atoms with van der Waals surface area (Å²) in [6, 6.07) is 0.881. The quantitative estimate of drug-likeness (QED) is 0.830. The number of aromatic nitrogens is 1. The maximum Gasteiger partial charge on any atom is 0.337 e. The van der Waals surface area contributed by atoms with Gasteiger partial charge in [-0.15, -0.1) is 0 Å². The van der Waals surface area contributed by atoms with Gasteiger partial charge >= 0.3 is 5.97 Å². The number of hydrogen-bond donors (Lipinski definition) is 2. The van der Waals surface area contributed by atoms with Crippen LogP contribution in [-0.2, 0) is 6.54 Å². The molecule has 4 nitrogen and oxygen atoms in total. The van der Waals surface area contributed by atoms with E-state index < -0.39 is 18.0 Å². The average Bonchev–Trinajstić information content (AvgIpc) is 2.16. The Morgan fingerprint density at radius 3 is 2.67 bits per heavy atom. The zero-order chi connectivity index (χ0) is 11.6. The van der Waals surface area contributed by atoms with Crippen molar-refractivity contribution in [2.24, 2.45) is 5.73 Å². The zero-order valence-corrected chi connectivity index (χ0v) is 8.96. The molecular formula is C8H7BrF2N2O2. The summed E-state index contributed by atoms with van der Waals surface area (Å²) in [6.07, 6.45) is -2.78. The highest BCUT2D eigenvalue weighted by atomic mass is 79.9. The Morgan fingerprint density at radius 2 is 2.27 bits per heavy atom. The highest BCUT2D eigenvalue weighted by molar-refractivity contribution is 9.10. The van der Waals surface area contributed by atoms with E-state index in [9.17, 15) is 13.6 Å². The van der Waals surface area contributed by atoms with Gasteiger partial charge in [0.1, 0.15) is 4.60 Å². The third-order valence-corrected chi connectivity index (χ3v) is 2.38. The summed E-state index contributed by atoms with van der Waals surface area (Å²) in [4.78, 5) is 14.4. The Balaban J connectivity index is 3.37. The Morgan fingerprint density at radius 1 is 1.67 bits per heavy atom. The highest BCUT2D eigenvalue weighted by Gasteiger charge is 2.19. The van der Waals surface area contributed by atoms with Gasteiger partial charge in [0.2, 0.25) is 0 Å². The minimum absolute atomic E-state index is 0.0683. The molecule has 0 aromatic carbocycles. The van der Waals surface area contributed by atoms with Crippen LogP contribution in [0.2, 0.25) is 0 Å². The second-order valence-electron chi connectivity index (χ2n) is 2.67. The van der Waals surface area contributed by atoms with Crippen molar-refractivity contribution in [3.63, 3.8) is 0 Å². The summed E-state index contributed by atoms with van der Waals surface area (Å²) >= 11 is 2.83. The number of hydrogen-bond acceptors (Lipinski definition) is 3. The number of nitrogens with two attached hydrogens (primary N) is 1. The number of aromatic carboxylic acids is 1. The number of alkyl halides is 2. The first-order valence-electron chi connectivity index (χ1n) is 3.88. The fourth-order valence-electron chi connectivity index (χ4n) is 1.04. The second-order valence-corrected chi connectivity index (χ2v) is 3.42. The molecule has 3 N–H and O–H groups in total. The minimum atomic E-state index is -2.78. The smallest absolute Gasteiger partial charge is 0.337 e. The molecule has 82 valence electrons. The van der Waals surface area contributed by atoms with Gasteiger partial charge in [-0.3, -0.25) is 0 Å². The van der Waals surface area contributed by atoms with Gasteiger partial charge in [0, 0.05) is 6.54 Å². The first-order chi connectivity index (χ1) is 6.97. The number of carbonyl (C=O) groups is 1. The molecule has 1 heterocycles. The van der Waals surface area contributed by atoms with Crippen molar-refractivity contribution in [3.05, 3.63) is 27.5 Å². The average molecular weight is 281 g/mol. The monoisotopic (exact) mass is 280 g/mol. The molecule has 0 radical (unpaired) electrons. The summed E-state index contributed by atoms with van der Waals surface area (Å²) in [5, 5.41) is 8.74. The Kier molecular flexibility index (Phi) is 3.70. The molecule has 0 spiro atoms. The molecule has 0 bridgehead atoms. The standard InChI is InChI=1S/C8H7BrF2N2O2/c9-6-4(7(10)11)1-3(8(14)15)5(2-12)13-6/h1,7H,2,12H2,(H,14,15). The van der Waals surface area contributed by atoms with Crippen LogP contribution in [-0.4, -0.2) is 16.1 Å². The van der Waals surface area contributed by atoms with Gasteiger partial charge in [0.05, 0.1) is 16.8 Å². The first kappa shape index (κ1) is 12.0. The van der Waals surface area contributed by atoms with Crippen LogP contribution in [0.15, 0.2) is 10.7 Å². The molecular weight excluding hydrogens is 274 g/mol. The summed E-state index contributed by atoms with van der Waals surface area (Å²) < 4.78 is 24.7. The fraction of sp³-hybridized carbons (Fsp3) is 0.250. The van der Waals surface area contributed by atoms with Crippen LogP contribution < -0.4 is 5.73 Å². The third kappa shape index (κ3) is 2.48. The molecule has 0 aliphatic rings.